The van der Waals surface area contributed by atoms with E-state index in [9.17, 15) is 10.1 Å². The summed E-state index contributed by atoms with van der Waals surface area (Å²) in [7, 11) is 3.14. The van der Waals surface area contributed by atoms with Crippen LogP contribution in [0.4, 0.5) is 0 Å². The van der Waals surface area contributed by atoms with Gasteiger partial charge in [0.2, 0.25) is 6.54 Å². The zero-order valence-electron chi connectivity index (χ0n) is 11.7. The van der Waals surface area contributed by atoms with Crippen LogP contribution >= 0.6 is 0 Å². The zero-order chi connectivity index (χ0) is 14.3. The summed E-state index contributed by atoms with van der Waals surface area (Å²) in [5.74, 6) is 1.18. The number of hydrogen-bond acceptors (Lipinski definition) is 4. The van der Waals surface area contributed by atoms with Crippen LogP contribution in [0.1, 0.15) is 37.7 Å². The van der Waals surface area contributed by atoms with Gasteiger partial charge in [-0.15, -0.1) is 0 Å². The lowest BCUT2D eigenvalue weighted by atomic mass is 9.93. The number of unbranched alkanes of at least 4 members (excludes halogenated alkanes) is 1. The van der Waals surface area contributed by atoms with Crippen molar-refractivity contribution in [1.82, 2.24) is 0 Å². The normalized spacial score (nSPS) is 11.9. The maximum absolute atomic E-state index is 10.8. The first-order valence-electron chi connectivity index (χ1n) is 6.46. The smallest absolute Gasteiger partial charge is 0.210 e. The van der Waals surface area contributed by atoms with Gasteiger partial charge in [0, 0.05) is 10.8 Å². The molecule has 5 nitrogen and oxygen atoms in total. The fraction of sp³-hybridized carbons (Fsp3) is 0.571. The Balaban J connectivity index is 2.97. The van der Waals surface area contributed by atoms with Gasteiger partial charge >= 0.3 is 0 Å². The minimum absolute atomic E-state index is 0.0461. The molecule has 0 aliphatic carbocycles. The van der Waals surface area contributed by atoms with E-state index in [0.717, 1.165) is 24.8 Å². The van der Waals surface area contributed by atoms with Crippen LogP contribution in [0.15, 0.2) is 18.2 Å². The van der Waals surface area contributed by atoms with Crippen molar-refractivity contribution in [3.05, 3.63) is 33.9 Å². The highest BCUT2D eigenvalue weighted by Gasteiger charge is 2.19. The standard InChI is InChI=1S/C14H21NO4/c1-4-5-6-12(10-15(16)17)11-7-8-13(18-2)14(9-11)19-3/h7-9,12H,4-6,10H2,1-3H3. The SMILES string of the molecule is CCCCC(C[N+](=O)[O-])c1ccc(OC)c(OC)c1. The predicted molar refractivity (Wildman–Crippen MR) is 73.7 cm³/mol. The third kappa shape index (κ3) is 4.43. The third-order valence-corrected chi connectivity index (χ3v) is 3.15. The summed E-state index contributed by atoms with van der Waals surface area (Å²) < 4.78 is 10.4. The molecule has 0 saturated carbocycles. The third-order valence-electron chi connectivity index (χ3n) is 3.15. The Morgan fingerprint density at radius 1 is 1.26 bits per heavy atom. The van der Waals surface area contributed by atoms with Gasteiger partial charge in [0.05, 0.1) is 14.2 Å². The van der Waals surface area contributed by atoms with Gasteiger partial charge < -0.3 is 9.47 Å². The van der Waals surface area contributed by atoms with Crippen molar-refractivity contribution in [2.45, 2.75) is 32.1 Å². The van der Waals surface area contributed by atoms with Crippen molar-refractivity contribution in [2.24, 2.45) is 0 Å². The number of benzene rings is 1. The molecular formula is C14H21NO4. The highest BCUT2D eigenvalue weighted by molar-refractivity contribution is 5.43. The van der Waals surface area contributed by atoms with Crippen LogP contribution in [-0.2, 0) is 0 Å². The first kappa shape index (κ1) is 15.3. The second-order valence-electron chi connectivity index (χ2n) is 4.47. The fourth-order valence-electron chi connectivity index (χ4n) is 2.10. The second kappa shape index (κ2) is 7.61. The summed E-state index contributed by atoms with van der Waals surface area (Å²) in [6.07, 6.45) is 2.82. The molecule has 0 radical (unpaired) electrons. The zero-order valence-corrected chi connectivity index (χ0v) is 11.7. The van der Waals surface area contributed by atoms with Crippen molar-refractivity contribution in [3.8, 4) is 11.5 Å². The topological polar surface area (TPSA) is 61.6 Å². The number of methoxy groups -OCH3 is 2. The Morgan fingerprint density at radius 2 is 1.95 bits per heavy atom. The molecule has 0 spiro atoms. The van der Waals surface area contributed by atoms with Gasteiger partial charge in [-0.1, -0.05) is 25.8 Å². The number of ether oxygens (including phenoxy) is 2. The lowest BCUT2D eigenvalue weighted by Gasteiger charge is -2.15. The van der Waals surface area contributed by atoms with E-state index in [-0.39, 0.29) is 17.4 Å². The summed E-state index contributed by atoms with van der Waals surface area (Å²) in [6.45, 7) is 2.04. The molecule has 0 aliphatic rings. The molecule has 106 valence electrons. The summed E-state index contributed by atoms with van der Waals surface area (Å²) >= 11 is 0. The molecule has 0 amide bonds. The maximum atomic E-state index is 10.8. The lowest BCUT2D eigenvalue weighted by molar-refractivity contribution is -0.483. The number of nitro groups is 1. The van der Waals surface area contributed by atoms with Gasteiger partial charge in [-0.05, 0) is 24.1 Å². The average molecular weight is 267 g/mol. The number of hydrogen-bond donors (Lipinski definition) is 0. The van der Waals surface area contributed by atoms with Crippen molar-refractivity contribution in [1.29, 1.82) is 0 Å². The number of nitrogens with zero attached hydrogens (tertiary/aromatic N) is 1. The van der Waals surface area contributed by atoms with E-state index in [1.807, 2.05) is 12.1 Å². The van der Waals surface area contributed by atoms with Crippen molar-refractivity contribution < 1.29 is 14.4 Å². The molecule has 1 atom stereocenters. The molecule has 0 fully saturated rings. The maximum Gasteiger partial charge on any atom is 0.210 e. The molecule has 1 aromatic rings. The van der Waals surface area contributed by atoms with E-state index in [2.05, 4.69) is 6.92 Å². The van der Waals surface area contributed by atoms with Gasteiger partial charge in [-0.25, -0.2) is 0 Å². The van der Waals surface area contributed by atoms with E-state index >= 15 is 0 Å². The molecule has 5 heteroatoms. The summed E-state index contributed by atoms with van der Waals surface area (Å²) in [6, 6.07) is 5.51. The van der Waals surface area contributed by atoms with Gasteiger partial charge in [-0.2, -0.15) is 0 Å². The largest absolute Gasteiger partial charge is 0.493 e. The minimum atomic E-state index is -0.253. The Hall–Kier alpha value is -1.78. The Labute approximate surface area is 113 Å². The fourth-order valence-corrected chi connectivity index (χ4v) is 2.10. The van der Waals surface area contributed by atoms with E-state index in [0.29, 0.717) is 11.5 Å². The summed E-state index contributed by atoms with van der Waals surface area (Å²) in [5.41, 5.74) is 0.933. The molecule has 1 aromatic carbocycles. The van der Waals surface area contributed by atoms with Gasteiger partial charge in [-0.3, -0.25) is 10.1 Å². The van der Waals surface area contributed by atoms with Crippen LogP contribution in [0.3, 0.4) is 0 Å². The van der Waals surface area contributed by atoms with E-state index < -0.39 is 0 Å². The average Bonchev–Trinajstić information content (AvgIpc) is 2.42. The van der Waals surface area contributed by atoms with Crippen LogP contribution in [0.25, 0.3) is 0 Å². The Kier molecular flexibility index (Phi) is 6.12. The second-order valence-corrected chi connectivity index (χ2v) is 4.47. The van der Waals surface area contributed by atoms with Gasteiger partial charge in [0.25, 0.3) is 0 Å². The van der Waals surface area contributed by atoms with Crippen LogP contribution < -0.4 is 9.47 Å². The van der Waals surface area contributed by atoms with Gasteiger partial charge in [0.15, 0.2) is 11.5 Å². The Bertz CT molecular complexity index is 420. The van der Waals surface area contributed by atoms with Crippen molar-refractivity contribution in [3.63, 3.8) is 0 Å². The monoisotopic (exact) mass is 267 g/mol. The van der Waals surface area contributed by atoms with Gasteiger partial charge in [0.1, 0.15) is 0 Å². The Morgan fingerprint density at radius 3 is 2.47 bits per heavy atom. The summed E-state index contributed by atoms with van der Waals surface area (Å²) in [4.78, 5) is 10.5. The minimum Gasteiger partial charge on any atom is -0.493 e. The molecule has 1 rings (SSSR count). The van der Waals surface area contributed by atoms with Crippen molar-refractivity contribution in [2.75, 3.05) is 20.8 Å². The van der Waals surface area contributed by atoms with E-state index in [1.165, 1.54) is 0 Å². The quantitative estimate of drug-likeness (QED) is 0.535. The predicted octanol–water partition coefficient (Wildman–Crippen LogP) is 3.25. The molecule has 1 unspecified atom stereocenters. The van der Waals surface area contributed by atoms with E-state index in [1.54, 1.807) is 20.3 Å². The van der Waals surface area contributed by atoms with Crippen LogP contribution in [0.5, 0.6) is 11.5 Å². The summed E-state index contributed by atoms with van der Waals surface area (Å²) in [5, 5.41) is 10.8. The lowest BCUT2D eigenvalue weighted by Crippen LogP contribution is -2.13. The van der Waals surface area contributed by atoms with E-state index in [4.69, 9.17) is 9.47 Å². The molecule has 0 bridgehead atoms. The molecule has 0 aromatic heterocycles. The molecule has 0 aliphatic heterocycles. The van der Waals surface area contributed by atoms with Crippen LogP contribution in [-0.4, -0.2) is 25.7 Å². The highest BCUT2D eigenvalue weighted by atomic mass is 16.6. The van der Waals surface area contributed by atoms with Crippen molar-refractivity contribution >= 4 is 0 Å². The molecule has 0 heterocycles. The molecule has 19 heavy (non-hydrogen) atoms. The first-order chi connectivity index (χ1) is 9.12. The molecule has 0 N–H and O–H groups in total. The number of rotatable bonds is 8. The first-order valence-corrected chi connectivity index (χ1v) is 6.46. The van der Waals surface area contributed by atoms with Crippen LogP contribution in [0.2, 0.25) is 0 Å². The highest BCUT2D eigenvalue weighted by Crippen LogP contribution is 2.32. The molecular weight excluding hydrogens is 246 g/mol. The van der Waals surface area contributed by atoms with Crippen LogP contribution in [0, 0.1) is 10.1 Å². The molecule has 0 saturated heterocycles.